The first-order chi connectivity index (χ1) is 12.5. The van der Waals surface area contributed by atoms with Crippen LogP contribution < -0.4 is 16.5 Å². The average molecular weight is 368 g/mol. The third-order valence-corrected chi connectivity index (χ3v) is 4.67. The van der Waals surface area contributed by atoms with E-state index in [1.54, 1.807) is 30.3 Å². The molecule has 0 aliphatic carbocycles. The summed E-state index contributed by atoms with van der Waals surface area (Å²) in [6.07, 6.45) is 0.676. The summed E-state index contributed by atoms with van der Waals surface area (Å²) in [6, 6.07) is 11.9. The smallest absolute Gasteiger partial charge is 0.287 e. The van der Waals surface area contributed by atoms with Gasteiger partial charge in [-0.2, -0.15) is 0 Å². The molecule has 0 amide bonds. The van der Waals surface area contributed by atoms with Crippen LogP contribution in [0.1, 0.15) is 12.5 Å². The van der Waals surface area contributed by atoms with Crippen molar-refractivity contribution < 1.29 is 0 Å². The number of aryl methyl sites for hydroxylation is 1. The van der Waals surface area contributed by atoms with Crippen LogP contribution in [0, 0.1) is 0 Å². The van der Waals surface area contributed by atoms with Gasteiger partial charge in [0, 0.05) is 10.4 Å². The topological polar surface area (TPSA) is 87.7 Å². The number of aromatic amines is 2. The number of hydrogen-bond donors (Lipinski definition) is 2. The molecular weight excluding hydrogens is 354 g/mol. The molecule has 2 aromatic heterocycles. The molecule has 0 radical (unpaired) electrons. The Morgan fingerprint density at radius 3 is 2.62 bits per heavy atom. The number of halogens is 1. The van der Waals surface area contributed by atoms with Crippen LogP contribution in [0.2, 0.25) is 5.02 Å². The Labute approximate surface area is 151 Å². The van der Waals surface area contributed by atoms with Gasteiger partial charge in [0.2, 0.25) is 5.43 Å². The SMILES string of the molecule is CCc1ccccc1-n1[nH]c(=O)c2[nH]c3cc(Cl)ccc3c(=O)c2c1=O. The van der Waals surface area contributed by atoms with Crippen molar-refractivity contribution in [1.29, 1.82) is 0 Å². The molecule has 2 N–H and O–H groups in total. The van der Waals surface area contributed by atoms with E-state index in [9.17, 15) is 14.4 Å². The van der Waals surface area contributed by atoms with E-state index in [2.05, 4.69) is 10.1 Å². The van der Waals surface area contributed by atoms with Crippen molar-refractivity contribution in [2.45, 2.75) is 13.3 Å². The maximum absolute atomic E-state index is 13.0. The van der Waals surface area contributed by atoms with Crippen molar-refractivity contribution in [3.8, 4) is 5.69 Å². The van der Waals surface area contributed by atoms with E-state index in [1.165, 1.54) is 0 Å². The fraction of sp³-hybridized carbons (Fsp3) is 0.105. The Kier molecular flexibility index (Phi) is 3.77. The zero-order valence-corrected chi connectivity index (χ0v) is 14.6. The second-order valence-corrected chi connectivity index (χ2v) is 6.39. The molecule has 0 saturated heterocycles. The second-order valence-electron chi connectivity index (χ2n) is 5.96. The number of benzene rings is 2. The summed E-state index contributed by atoms with van der Waals surface area (Å²) in [5.41, 5.74) is 0.169. The van der Waals surface area contributed by atoms with Gasteiger partial charge in [-0.25, -0.2) is 4.68 Å². The third-order valence-electron chi connectivity index (χ3n) is 4.43. The normalized spacial score (nSPS) is 11.3. The van der Waals surface area contributed by atoms with Crippen molar-refractivity contribution in [1.82, 2.24) is 14.8 Å². The number of fused-ring (bicyclic) bond motifs is 2. The van der Waals surface area contributed by atoms with Crippen molar-refractivity contribution in [2.24, 2.45) is 0 Å². The minimum Gasteiger partial charge on any atom is -0.350 e. The van der Waals surface area contributed by atoms with E-state index >= 15 is 0 Å². The first kappa shape index (κ1) is 16.4. The summed E-state index contributed by atoms with van der Waals surface area (Å²) < 4.78 is 1.14. The van der Waals surface area contributed by atoms with Crippen LogP contribution in [0.3, 0.4) is 0 Å². The molecule has 0 atom stereocenters. The van der Waals surface area contributed by atoms with E-state index in [0.29, 0.717) is 28.0 Å². The molecule has 0 saturated carbocycles. The van der Waals surface area contributed by atoms with Gasteiger partial charge in [0.15, 0.2) is 0 Å². The van der Waals surface area contributed by atoms with Crippen LogP contribution in [0.25, 0.3) is 27.5 Å². The van der Waals surface area contributed by atoms with E-state index in [4.69, 9.17) is 11.6 Å². The number of nitrogens with zero attached hydrogens (tertiary/aromatic N) is 1. The molecule has 0 spiro atoms. The predicted molar refractivity (Wildman–Crippen MR) is 103 cm³/mol. The molecule has 0 bridgehead atoms. The Balaban J connectivity index is 2.19. The average Bonchev–Trinajstić information content (AvgIpc) is 2.64. The zero-order valence-electron chi connectivity index (χ0n) is 13.8. The largest absolute Gasteiger partial charge is 0.350 e. The number of H-pyrrole nitrogens is 2. The van der Waals surface area contributed by atoms with E-state index in [0.717, 1.165) is 10.2 Å². The molecule has 0 aliphatic heterocycles. The molecule has 2 heterocycles. The Morgan fingerprint density at radius 1 is 1.08 bits per heavy atom. The number of para-hydroxylation sites is 1. The fourth-order valence-corrected chi connectivity index (χ4v) is 3.33. The standard InChI is InChI=1S/C19H14ClN3O3/c1-2-10-5-3-4-6-14(10)23-19(26)15-16(18(25)22-23)21-13-9-11(20)7-8-12(13)17(15)24/h3-9H,2H2,1H3,(H,21,24)(H,22,25). The van der Waals surface area contributed by atoms with Crippen LogP contribution in [0.5, 0.6) is 0 Å². The Hall–Kier alpha value is -3.12. The van der Waals surface area contributed by atoms with Crippen LogP contribution in [-0.4, -0.2) is 14.8 Å². The lowest BCUT2D eigenvalue weighted by Gasteiger charge is -2.11. The highest BCUT2D eigenvalue weighted by molar-refractivity contribution is 6.31. The summed E-state index contributed by atoms with van der Waals surface area (Å²) >= 11 is 5.96. The molecule has 4 aromatic rings. The molecule has 2 aromatic carbocycles. The third kappa shape index (κ3) is 2.38. The summed E-state index contributed by atoms with van der Waals surface area (Å²) in [6.45, 7) is 1.95. The monoisotopic (exact) mass is 367 g/mol. The van der Waals surface area contributed by atoms with E-state index in [1.807, 2.05) is 19.1 Å². The first-order valence-corrected chi connectivity index (χ1v) is 8.48. The summed E-state index contributed by atoms with van der Waals surface area (Å²) in [4.78, 5) is 41.4. The van der Waals surface area contributed by atoms with Gasteiger partial charge in [0.05, 0.1) is 11.2 Å². The van der Waals surface area contributed by atoms with Crippen molar-refractivity contribution in [3.05, 3.63) is 84.0 Å². The molecule has 26 heavy (non-hydrogen) atoms. The van der Waals surface area contributed by atoms with Gasteiger partial charge in [0.25, 0.3) is 11.1 Å². The minimum atomic E-state index is -0.571. The van der Waals surface area contributed by atoms with Gasteiger partial charge in [0.1, 0.15) is 10.9 Å². The molecule has 0 unspecified atom stereocenters. The maximum atomic E-state index is 13.0. The highest BCUT2D eigenvalue weighted by Crippen LogP contribution is 2.17. The molecule has 6 nitrogen and oxygen atoms in total. The highest BCUT2D eigenvalue weighted by atomic mass is 35.5. The van der Waals surface area contributed by atoms with Gasteiger partial charge in [-0.05, 0) is 36.2 Å². The Morgan fingerprint density at radius 2 is 1.85 bits per heavy atom. The highest BCUT2D eigenvalue weighted by Gasteiger charge is 2.16. The molecular formula is C19H14ClN3O3. The molecule has 7 heteroatoms. The van der Waals surface area contributed by atoms with Crippen LogP contribution in [0.15, 0.2) is 56.8 Å². The lowest BCUT2D eigenvalue weighted by Crippen LogP contribution is -2.33. The number of nitrogens with one attached hydrogen (secondary N) is 2. The first-order valence-electron chi connectivity index (χ1n) is 8.10. The van der Waals surface area contributed by atoms with Crippen LogP contribution in [0.4, 0.5) is 0 Å². The predicted octanol–water partition coefficient (Wildman–Crippen LogP) is 2.74. The van der Waals surface area contributed by atoms with Gasteiger partial charge >= 0.3 is 0 Å². The number of pyridine rings is 1. The quantitative estimate of drug-likeness (QED) is 0.534. The van der Waals surface area contributed by atoms with Crippen molar-refractivity contribution in [3.63, 3.8) is 0 Å². The van der Waals surface area contributed by atoms with Crippen molar-refractivity contribution >= 4 is 33.4 Å². The number of hydrogen-bond acceptors (Lipinski definition) is 3. The van der Waals surface area contributed by atoms with Crippen LogP contribution in [-0.2, 0) is 6.42 Å². The minimum absolute atomic E-state index is 0.0556. The van der Waals surface area contributed by atoms with E-state index < -0.39 is 16.5 Å². The van der Waals surface area contributed by atoms with Crippen molar-refractivity contribution in [2.75, 3.05) is 0 Å². The summed E-state index contributed by atoms with van der Waals surface area (Å²) in [7, 11) is 0. The van der Waals surface area contributed by atoms with Crippen LogP contribution >= 0.6 is 11.6 Å². The molecule has 0 aliphatic rings. The summed E-state index contributed by atoms with van der Waals surface area (Å²) in [5, 5.41) is 3.12. The number of rotatable bonds is 2. The van der Waals surface area contributed by atoms with E-state index in [-0.39, 0.29) is 10.9 Å². The molecule has 130 valence electrons. The molecule has 0 fully saturated rings. The Bertz CT molecular complexity index is 1350. The van der Waals surface area contributed by atoms with Gasteiger partial charge in [-0.1, -0.05) is 36.7 Å². The zero-order chi connectivity index (χ0) is 18.4. The van der Waals surface area contributed by atoms with Gasteiger partial charge < -0.3 is 4.98 Å². The molecule has 4 rings (SSSR count). The second kappa shape index (κ2) is 6.00. The maximum Gasteiger partial charge on any atom is 0.287 e. The number of aromatic nitrogens is 3. The fourth-order valence-electron chi connectivity index (χ4n) is 3.16. The van der Waals surface area contributed by atoms with Gasteiger partial charge in [-0.15, -0.1) is 0 Å². The van der Waals surface area contributed by atoms with Gasteiger partial charge in [-0.3, -0.25) is 19.5 Å². The lowest BCUT2D eigenvalue weighted by molar-refractivity contribution is 0.788. The summed E-state index contributed by atoms with van der Waals surface area (Å²) in [5.74, 6) is 0. The lowest BCUT2D eigenvalue weighted by atomic mass is 10.1.